The van der Waals surface area contributed by atoms with Gasteiger partial charge >= 0.3 is 6.03 Å². The lowest BCUT2D eigenvalue weighted by Gasteiger charge is -2.25. The van der Waals surface area contributed by atoms with Gasteiger partial charge in [0.15, 0.2) is 9.84 Å². The van der Waals surface area contributed by atoms with Crippen LogP contribution in [-0.2, 0) is 9.84 Å². The van der Waals surface area contributed by atoms with Gasteiger partial charge in [-0.05, 0) is 24.5 Å². The molecule has 0 bridgehead atoms. The highest BCUT2D eigenvalue weighted by Gasteiger charge is 2.33. The van der Waals surface area contributed by atoms with Crippen LogP contribution >= 0.6 is 23.4 Å². The maximum Gasteiger partial charge on any atom is 0.319 e. The summed E-state index contributed by atoms with van der Waals surface area (Å²) in [4.78, 5) is 12.7. The Hall–Kier alpha value is -0.920. The zero-order valence-corrected chi connectivity index (χ0v) is 13.2. The fraction of sp³-hybridized carbons (Fsp3) is 0.417. The van der Waals surface area contributed by atoms with Crippen molar-refractivity contribution in [2.75, 3.05) is 29.6 Å². The highest BCUT2D eigenvalue weighted by molar-refractivity contribution is 7.98. The summed E-state index contributed by atoms with van der Waals surface area (Å²) < 4.78 is 22.0. The highest BCUT2D eigenvalue weighted by Crippen LogP contribution is 2.28. The molecule has 1 aromatic carbocycles. The molecule has 2 rings (SSSR count). The van der Waals surface area contributed by atoms with Crippen LogP contribution in [0.15, 0.2) is 23.1 Å². The summed E-state index contributed by atoms with van der Waals surface area (Å²) in [6, 6.07) is 4.92. The zero-order valence-electron chi connectivity index (χ0n) is 10.8. The van der Waals surface area contributed by atoms with Crippen molar-refractivity contribution < 1.29 is 13.2 Å². The summed E-state index contributed by atoms with van der Waals surface area (Å²) in [5.41, 5.74) is 0.642. The minimum Gasteiger partial charge on any atom is -0.338 e. The normalized spacial score (nSPS) is 17.3. The number of nitrogens with one attached hydrogen (secondary N) is 2. The average Bonchev–Trinajstić information content (AvgIpc) is 2.34. The van der Waals surface area contributed by atoms with Crippen LogP contribution in [0.2, 0.25) is 5.02 Å². The number of anilines is 1. The van der Waals surface area contributed by atoms with Gasteiger partial charge in [0.25, 0.3) is 0 Å². The van der Waals surface area contributed by atoms with E-state index in [1.54, 1.807) is 12.1 Å². The maximum absolute atomic E-state index is 11.8. The van der Waals surface area contributed by atoms with Crippen molar-refractivity contribution in [3.63, 3.8) is 0 Å². The molecule has 1 aromatic rings. The highest BCUT2D eigenvalue weighted by atomic mass is 35.5. The van der Waals surface area contributed by atoms with Crippen LogP contribution in [0.5, 0.6) is 0 Å². The molecule has 0 radical (unpaired) electrons. The van der Waals surface area contributed by atoms with Crippen LogP contribution in [0.3, 0.4) is 0 Å². The second-order valence-corrected chi connectivity index (χ2v) is 8.06. The SMILES string of the molecule is CSc1ccc(Cl)cc1NC(=O)NCC1CS(=O)(=O)C1. The van der Waals surface area contributed by atoms with Crippen LogP contribution in [-0.4, -0.2) is 38.8 Å². The van der Waals surface area contributed by atoms with E-state index in [0.717, 1.165) is 4.90 Å². The fourth-order valence-corrected chi connectivity index (χ4v) is 4.25. The van der Waals surface area contributed by atoms with Crippen LogP contribution in [0.4, 0.5) is 10.5 Å². The van der Waals surface area contributed by atoms with Crippen molar-refractivity contribution in [3.8, 4) is 0 Å². The predicted octanol–water partition coefficient (Wildman–Crippen LogP) is 2.23. The van der Waals surface area contributed by atoms with Crippen molar-refractivity contribution in [2.24, 2.45) is 5.92 Å². The minimum atomic E-state index is -2.85. The second kappa shape index (κ2) is 6.24. The molecule has 0 unspecified atom stereocenters. The van der Waals surface area contributed by atoms with Gasteiger partial charge in [-0.2, -0.15) is 0 Å². The van der Waals surface area contributed by atoms with E-state index in [1.807, 2.05) is 12.3 Å². The summed E-state index contributed by atoms with van der Waals surface area (Å²) in [7, 11) is -2.85. The molecule has 0 spiro atoms. The van der Waals surface area contributed by atoms with Crippen molar-refractivity contribution in [1.29, 1.82) is 0 Å². The molecule has 1 aliphatic rings. The number of carbonyl (C=O) groups excluding carboxylic acids is 1. The van der Waals surface area contributed by atoms with E-state index in [0.29, 0.717) is 17.3 Å². The Kier molecular flexibility index (Phi) is 4.82. The number of halogens is 1. The molecule has 1 heterocycles. The first-order valence-electron chi connectivity index (χ1n) is 5.98. The third-order valence-electron chi connectivity index (χ3n) is 2.94. The van der Waals surface area contributed by atoms with E-state index < -0.39 is 9.84 Å². The third-order valence-corrected chi connectivity index (χ3v) is 5.93. The monoisotopic (exact) mass is 334 g/mol. The Balaban J connectivity index is 1.87. The zero-order chi connectivity index (χ0) is 14.8. The van der Waals surface area contributed by atoms with Crippen molar-refractivity contribution in [2.45, 2.75) is 4.90 Å². The molecule has 0 atom stereocenters. The Bertz CT molecular complexity index is 607. The van der Waals surface area contributed by atoms with Gasteiger partial charge in [0.05, 0.1) is 17.2 Å². The number of benzene rings is 1. The van der Waals surface area contributed by atoms with Gasteiger partial charge in [0.1, 0.15) is 0 Å². The summed E-state index contributed by atoms with van der Waals surface area (Å²) in [5.74, 6) is 0.325. The van der Waals surface area contributed by atoms with E-state index in [9.17, 15) is 13.2 Å². The number of hydrogen-bond donors (Lipinski definition) is 2. The van der Waals surface area contributed by atoms with Crippen molar-refractivity contribution in [3.05, 3.63) is 23.2 Å². The average molecular weight is 335 g/mol. The lowest BCUT2D eigenvalue weighted by atomic mass is 10.2. The molecule has 8 heteroatoms. The Morgan fingerprint density at radius 1 is 1.45 bits per heavy atom. The van der Waals surface area contributed by atoms with E-state index in [2.05, 4.69) is 10.6 Å². The molecule has 2 amide bonds. The molecular formula is C12H15ClN2O3S2. The molecule has 20 heavy (non-hydrogen) atoms. The predicted molar refractivity (Wildman–Crippen MR) is 82.4 cm³/mol. The van der Waals surface area contributed by atoms with Crippen LogP contribution in [0.1, 0.15) is 0 Å². The number of rotatable bonds is 4. The topological polar surface area (TPSA) is 75.3 Å². The van der Waals surface area contributed by atoms with Gasteiger partial charge in [-0.25, -0.2) is 13.2 Å². The molecule has 2 N–H and O–H groups in total. The first kappa shape index (κ1) is 15.5. The van der Waals surface area contributed by atoms with Crippen LogP contribution < -0.4 is 10.6 Å². The molecule has 1 aliphatic heterocycles. The quantitative estimate of drug-likeness (QED) is 0.828. The van der Waals surface area contributed by atoms with Crippen LogP contribution in [0.25, 0.3) is 0 Å². The minimum absolute atomic E-state index is 0.0186. The third kappa shape index (κ3) is 4.04. The molecule has 1 fully saturated rings. The summed E-state index contributed by atoms with van der Waals surface area (Å²) in [6.45, 7) is 0.361. The molecule has 0 aromatic heterocycles. The smallest absolute Gasteiger partial charge is 0.319 e. The summed E-state index contributed by atoms with van der Waals surface area (Å²) in [5, 5.41) is 5.94. The number of amides is 2. The number of hydrogen-bond acceptors (Lipinski definition) is 4. The summed E-state index contributed by atoms with van der Waals surface area (Å²) in [6.07, 6.45) is 1.91. The van der Waals surface area contributed by atoms with Gasteiger partial charge < -0.3 is 10.6 Å². The number of carbonyl (C=O) groups is 1. The van der Waals surface area contributed by atoms with Crippen LogP contribution in [0, 0.1) is 5.92 Å². The summed E-state index contributed by atoms with van der Waals surface area (Å²) >= 11 is 7.41. The molecule has 1 saturated heterocycles. The van der Waals surface area contributed by atoms with E-state index >= 15 is 0 Å². The fourth-order valence-electron chi connectivity index (χ4n) is 1.97. The number of urea groups is 1. The second-order valence-electron chi connectivity index (χ2n) is 4.62. The molecule has 5 nitrogen and oxygen atoms in total. The van der Waals surface area contributed by atoms with E-state index in [1.165, 1.54) is 11.8 Å². The van der Waals surface area contributed by atoms with E-state index in [4.69, 9.17) is 11.6 Å². The van der Waals surface area contributed by atoms with Gasteiger partial charge in [-0.15, -0.1) is 11.8 Å². The van der Waals surface area contributed by atoms with Gasteiger partial charge in [0, 0.05) is 22.4 Å². The molecule has 0 aliphatic carbocycles. The lowest BCUT2D eigenvalue weighted by Crippen LogP contribution is -2.44. The van der Waals surface area contributed by atoms with Gasteiger partial charge in [-0.3, -0.25) is 0 Å². The van der Waals surface area contributed by atoms with Gasteiger partial charge in [0.2, 0.25) is 0 Å². The largest absolute Gasteiger partial charge is 0.338 e. The molecule has 0 saturated carbocycles. The number of thioether (sulfide) groups is 1. The lowest BCUT2D eigenvalue weighted by molar-refractivity contribution is 0.250. The first-order chi connectivity index (χ1) is 9.39. The molecular weight excluding hydrogens is 320 g/mol. The van der Waals surface area contributed by atoms with E-state index in [-0.39, 0.29) is 23.5 Å². The Labute approximate surface area is 127 Å². The standard InChI is InChI=1S/C12H15ClN2O3S2/c1-19-11-3-2-9(13)4-10(11)15-12(16)14-5-8-6-20(17,18)7-8/h2-4,8H,5-7H2,1H3,(H2,14,15,16). The number of sulfone groups is 1. The maximum atomic E-state index is 11.8. The van der Waals surface area contributed by atoms with Crippen molar-refractivity contribution >= 4 is 44.9 Å². The molecule has 110 valence electrons. The first-order valence-corrected chi connectivity index (χ1v) is 9.41. The Morgan fingerprint density at radius 2 is 2.15 bits per heavy atom. The Morgan fingerprint density at radius 3 is 2.75 bits per heavy atom. The van der Waals surface area contributed by atoms with Crippen molar-refractivity contribution in [1.82, 2.24) is 5.32 Å². The van der Waals surface area contributed by atoms with Gasteiger partial charge in [-0.1, -0.05) is 11.6 Å².